The number of nitrogens with zero attached hydrogens (tertiary/aromatic N) is 4. The quantitative estimate of drug-likeness (QED) is 0.577. The molecule has 7 heteroatoms. The van der Waals surface area contributed by atoms with Gasteiger partial charge in [-0.05, 0) is 13.8 Å². The third-order valence-corrected chi connectivity index (χ3v) is 5.81. The number of aromatic nitrogens is 1. The van der Waals surface area contributed by atoms with Gasteiger partial charge < -0.3 is 19.1 Å². The third-order valence-electron chi connectivity index (χ3n) is 5.81. The van der Waals surface area contributed by atoms with E-state index in [9.17, 15) is 4.79 Å². The topological polar surface area (TPSA) is 62.1 Å². The molecule has 0 radical (unpaired) electrons. The highest BCUT2D eigenvalue weighted by molar-refractivity contribution is 5.79. The van der Waals surface area contributed by atoms with Crippen molar-refractivity contribution < 1.29 is 14.1 Å². The predicted molar refractivity (Wildman–Crippen MR) is 123 cm³/mol. The fourth-order valence-corrected chi connectivity index (χ4v) is 3.94. The van der Waals surface area contributed by atoms with E-state index in [4.69, 9.17) is 9.26 Å². The van der Waals surface area contributed by atoms with Gasteiger partial charge in [0.15, 0.2) is 0 Å². The summed E-state index contributed by atoms with van der Waals surface area (Å²) >= 11 is 0. The second kappa shape index (κ2) is 11.3. The Kier molecular flexibility index (Phi) is 8.49. The Bertz CT molecular complexity index is 811. The van der Waals surface area contributed by atoms with Crippen LogP contribution in [-0.4, -0.2) is 73.3 Å². The van der Waals surface area contributed by atoms with Crippen molar-refractivity contribution in [3.63, 3.8) is 0 Å². The van der Waals surface area contributed by atoms with Gasteiger partial charge in [-0.3, -0.25) is 9.69 Å². The van der Waals surface area contributed by atoms with Crippen molar-refractivity contribution in [2.24, 2.45) is 5.92 Å². The Morgan fingerprint density at radius 1 is 1.13 bits per heavy atom. The maximum Gasteiger partial charge on any atom is 0.232 e. The first kappa shape index (κ1) is 23.3. The Labute approximate surface area is 185 Å². The first-order valence-electron chi connectivity index (χ1n) is 11.4. The summed E-state index contributed by atoms with van der Waals surface area (Å²) in [5.41, 5.74) is 2.80. The fourth-order valence-electron chi connectivity index (χ4n) is 3.94. The van der Waals surface area contributed by atoms with Crippen LogP contribution in [-0.2, 0) is 16.1 Å². The minimum atomic E-state index is -0.0679. The van der Waals surface area contributed by atoms with Crippen LogP contribution in [0.15, 0.2) is 34.9 Å². The molecule has 0 spiro atoms. The van der Waals surface area contributed by atoms with Crippen LogP contribution >= 0.6 is 0 Å². The first-order valence-corrected chi connectivity index (χ1v) is 11.4. The lowest BCUT2D eigenvalue weighted by Crippen LogP contribution is -2.44. The highest BCUT2D eigenvalue weighted by Crippen LogP contribution is 2.32. The SMILES string of the molecule is CCN(CC)c1onc(-c2ccccc2)c1CN(CCN1CCOCC1)C(=O)C(C)C. The van der Waals surface area contributed by atoms with Crippen LogP contribution in [0, 0.1) is 5.92 Å². The summed E-state index contributed by atoms with van der Waals surface area (Å²) in [4.78, 5) is 19.6. The van der Waals surface area contributed by atoms with Crippen molar-refractivity contribution in [3.05, 3.63) is 35.9 Å². The monoisotopic (exact) mass is 428 g/mol. The lowest BCUT2D eigenvalue weighted by atomic mass is 10.1. The Morgan fingerprint density at radius 3 is 2.42 bits per heavy atom. The summed E-state index contributed by atoms with van der Waals surface area (Å²) in [6.45, 7) is 15.1. The first-order chi connectivity index (χ1) is 15.0. The van der Waals surface area contributed by atoms with Gasteiger partial charge in [-0.25, -0.2) is 0 Å². The summed E-state index contributed by atoms with van der Waals surface area (Å²) in [5.74, 6) is 0.845. The number of hydrogen-bond donors (Lipinski definition) is 0. The summed E-state index contributed by atoms with van der Waals surface area (Å²) < 4.78 is 11.3. The molecular weight excluding hydrogens is 392 g/mol. The van der Waals surface area contributed by atoms with Gasteiger partial charge in [0.25, 0.3) is 0 Å². The molecule has 170 valence electrons. The molecule has 1 aromatic heterocycles. The second-order valence-electron chi connectivity index (χ2n) is 8.22. The summed E-state index contributed by atoms with van der Waals surface area (Å²) in [6, 6.07) is 10.1. The summed E-state index contributed by atoms with van der Waals surface area (Å²) in [5, 5.41) is 4.43. The van der Waals surface area contributed by atoms with Gasteiger partial charge in [0.1, 0.15) is 5.69 Å². The number of rotatable bonds is 10. The molecule has 1 saturated heterocycles. The van der Waals surface area contributed by atoms with E-state index in [1.54, 1.807) is 0 Å². The average Bonchev–Trinajstić information content (AvgIpc) is 3.21. The molecule has 1 aliphatic rings. The number of ether oxygens (including phenoxy) is 1. The van der Waals surface area contributed by atoms with E-state index in [1.807, 2.05) is 49.1 Å². The molecule has 0 saturated carbocycles. The predicted octanol–water partition coefficient (Wildman–Crippen LogP) is 3.50. The van der Waals surface area contributed by atoms with Crippen molar-refractivity contribution in [2.75, 3.05) is 57.4 Å². The molecule has 0 aliphatic carbocycles. The number of benzene rings is 1. The second-order valence-corrected chi connectivity index (χ2v) is 8.22. The van der Waals surface area contributed by atoms with Crippen LogP contribution in [0.3, 0.4) is 0 Å². The van der Waals surface area contributed by atoms with Crippen molar-refractivity contribution in [2.45, 2.75) is 34.2 Å². The van der Waals surface area contributed by atoms with Gasteiger partial charge in [-0.15, -0.1) is 0 Å². The van der Waals surface area contributed by atoms with E-state index in [1.165, 1.54) is 0 Å². The van der Waals surface area contributed by atoms with Crippen molar-refractivity contribution in [3.8, 4) is 11.3 Å². The maximum atomic E-state index is 13.1. The zero-order valence-electron chi connectivity index (χ0n) is 19.3. The van der Waals surface area contributed by atoms with Crippen LogP contribution in [0.2, 0.25) is 0 Å². The normalized spacial score (nSPS) is 14.7. The smallest absolute Gasteiger partial charge is 0.232 e. The van der Waals surface area contributed by atoms with Crippen LogP contribution in [0.25, 0.3) is 11.3 Å². The molecule has 0 N–H and O–H groups in total. The van der Waals surface area contributed by atoms with E-state index in [2.05, 4.69) is 28.8 Å². The van der Waals surface area contributed by atoms with Crippen LogP contribution < -0.4 is 4.90 Å². The van der Waals surface area contributed by atoms with Gasteiger partial charge in [0, 0.05) is 50.7 Å². The zero-order valence-corrected chi connectivity index (χ0v) is 19.3. The number of amides is 1. The molecule has 2 aromatic rings. The van der Waals surface area contributed by atoms with E-state index in [0.717, 1.165) is 68.6 Å². The molecule has 3 rings (SSSR count). The van der Waals surface area contributed by atoms with E-state index in [-0.39, 0.29) is 11.8 Å². The molecule has 1 aromatic carbocycles. The molecule has 1 aliphatic heterocycles. The van der Waals surface area contributed by atoms with Crippen molar-refractivity contribution in [1.29, 1.82) is 0 Å². The van der Waals surface area contributed by atoms with Gasteiger partial charge in [0.05, 0.1) is 25.3 Å². The molecule has 7 nitrogen and oxygen atoms in total. The minimum Gasteiger partial charge on any atom is -0.379 e. The molecule has 1 amide bonds. The van der Waals surface area contributed by atoms with Crippen molar-refractivity contribution in [1.82, 2.24) is 15.0 Å². The molecule has 2 heterocycles. The summed E-state index contributed by atoms with van der Waals surface area (Å²) in [7, 11) is 0. The highest BCUT2D eigenvalue weighted by atomic mass is 16.5. The number of morpholine rings is 1. The fraction of sp³-hybridized carbons (Fsp3) is 0.583. The third kappa shape index (κ3) is 5.86. The number of carbonyl (C=O) groups excluding carboxylic acids is 1. The van der Waals surface area contributed by atoms with Gasteiger partial charge in [0.2, 0.25) is 11.8 Å². The van der Waals surface area contributed by atoms with Gasteiger partial charge in [-0.1, -0.05) is 49.3 Å². The number of carbonyl (C=O) groups is 1. The largest absolute Gasteiger partial charge is 0.379 e. The highest BCUT2D eigenvalue weighted by Gasteiger charge is 2.26. The average molecular weight is 429 g/mol. The van der Waals surface area contributed by atoms with Crippen molar-refractivity contribution >= 4 is 11.8 Å². The zero-order chi connectivity index (χ0) is 22.2. The lowest BCUT2D eigenvalue weighted by Gasteiger charge is -2.31. The Hall–Kier alpha value is -2.38. The Balaban J connectivity index is 1.90. The van der Waals surface area contributed by atoms with Crippen LogP contribution in [0.5, 0.6) is 0 Å². The van der Waals surface area contributed by atoms with E-state index < -0.39 is 0 Å². The minimum absolute atomic E-state index is 0.0679. The van der Waals surface area contributed by atoms with Crippen LogP contribution in [0.4, 0.5) is 5.88 Å². The lowest BCUT2D eigenvalue weighted by molar-refractivity contribution is -0.135. The maximum absolute atomic E-state index is 13.1. The van der Waals surface area contributed by atoms with Gasteiger partial charge in [-0.2, -0.15) is 0 Å². The standard InChI is InChI=1S/C24H36N4O3/c1-5-27(6-2)24-21(22(25-31-24)20-10-8-7-9-11-20)18-28(23(29)19(3)4)13-12-26-14-16-30-17-15-26/h7-11,19H,5-6,12-18H2,1-4H3. The Morgan fingerprint density at radius 2 is 1.81 bits per heavy atom. The molecule has 0 unspecified atom stereocenters. The van der Waals surface area contributed by atoms with E-state index >= 15 is 0 Å². The van der Waals surface area contributed by atoms with Gasteiger partial charge >= 0.3 is 0 Å². The number of hydrogen-bond acceptors (Lipinski definition) is 6. The number of anilines is 1. The molecule has 0 atom stereocenters. The molecule has 1 fully saturated rings. The molecular formula is C24H36N4O3. The van der Waals surface area contributed by atoms with Crippen LogP contribution in [0.1, 0.15) is 33.3 Å². The molecule has 0 bridgehead atoms. The van der Waals surface area contributed by atoms with E-state index in [0.29, 0.717) is 13.1 Å². The summed E-state index contributed by atoms with van der Waals surface area (Å²) in [6.07, 6.45) is 0. The molecule has 31 heavy (non-hydrogen) atoms.